The molecule has 4 rings (SSSR count). The van der Waals surface area contributed by atoms with Gasteiger partial charge in [-0.25, -0.2) is 4.98 Å². The molecule has 2 aromatic carbocycles. The Kier molecular flexibility index (Phi) is 3.98. The number of aromatic amines is 1. The average Bonchev–Trinajstić information content (AvgIpc) is 3.28. The van der Waals surface area contributed by atoms with Crippen molar-refractivity contribution in [3.63, 3.8) is 0 Å². The fourth-order valence-electron chi connectivity index (χ4n) is 3.08. The number of fused-ring (bicyclic) bond motifs is 1. The number of imidazole rings is 1. The van der Waals surface area contributed by atoms with E-state index < -0.39 is 5.92 Å². The maximum atomic E-state index is 12.8. The summed E-state index contributed by atoms with van der Waals surface area (Å²) in [6, 6.07) is 16.8. The molecule has 0 radical (unpaired) electrons. The molecule has 6 heteroatoms. The first-order chi connectivity index (χ1) is 12.7. The molecule has 1 N–H and O–H groups in total. The molecule has 26 heavy (non-hydrogen) atoms. The van der Waals surface area contributed by atoms with Crippen molar-refractivity contribution in [2.24, 2.45) is 5.10 Å². The number of nitriles is 1. The van der Waals surface area contributed by atoms with E-state index in [9.17, 15) is 10.1 Å². The molecule has 1 aliphatic heterocycles. The number of hydrogen-bond donors (Lipinski definition) is 1. The average molecular weight is 343 g/mol. The van der Waals surface area contributed by atoms with Gasteiger partial charge < -0.3 is 4.98 Å². The van der Waals surface area contributed by atoms with E-state index in [1.54, 1.807) is 12.1 Å². The van der Waals surface area contributed by atoms with Crippen LogP contribution in [0.25, 0.3) is 11.0 Å². The van der Waals surface area contributed by atoms with Crippen molar-refractivity contribution in [2.75, 3.05) is 11.6 Å². The summed E-state index contributed by atoms with van der Waals surface area (Å²) in [7, 11) is 0. The second kappa shape index (κ2) is 6.45. The Labute approximate surface area is 150 Å². The van der Waals surface area contributed by atoms with E-state index in [4.69, 9.17) is 0 Å². The van der Waals surface area contributed by atoms with Gasteiger partial charge in [-0.15, -0.1) is 0 Å². The predicted molar refractivity (Wildman–Crippen MR) is 100 cm³/mol. The van der Waals surface area contributed by atoms with Crippen LogP contribution in [0.2, 0.25) is 0 Å². The van der Waals surface area contributed by atoms with Crippen LogP contribution >= 0.6 is 0 Å². The third kappa shape index (κ3) is 2.84. The summed E-state index contributed by atoms with van der Waals surface area (Å²) in [6.07, 6.45) is 0.948. The molecule has 2 heterocycles. The highest BCUT2D eigenvalue weighted by Crippen LogP contribution is 2.24. The van der Waals surface area contributed by atoms with Gasteiger partial charge in [-0.1, -0.05) is 12.1 Å². The molecule has 128 valence electrons. The molecule has 1 atom stereocenters. The SMILES string of the molecule is CC1=NN(c2ccc(C(=O)[C@@H](C#N)c3nc4ccccc4[nH]3)cc2)CC1. The smallest absolute Gasteiger partial charge is 0.187 e. The van der Waals surface area contributed by atoms with E-state index in [0.717, 1.165) is 35.4 Å². The number of carbonyl (C=O) groups is 1. The number of para-hydroxylation sites is 2. The summed E-state index contributed by atoms with van der Waals surface area (Å²) in [5, 5.41) is 15.9. The number of nitrogens with zero attached hydrogens (tertiary/aromatic N) is 4. The van der Waals surface area contributed by atoms with Gasteiger partial charge in [0.15, 0.2) is 11.7 Å². The number of ketones is 1. The topological polar surface area (TPSA) is 85.1 Å². The Hall–Kier alpha value is -3.46. The van der Waals surface area contributed by atoms with Gasteiger partial charge in [-0.05, 0) is 43.3 Å². The zero-order valence-electron chi connectivity index (χ0n) is 14.3. The summed E-state index contributed by atoms with van der Waals surface area (Å²) >= 11 is 0. The van der Waals surface area contributed by atoms with E-state index in [1.165, 1.54) is 0 Å². The van der Waals surface area contributed by atoms with Crippen LogP contribution in [0.3, 0.4) is 0 Å². The first-order valence-corrected chi connectivity index (χ1v) is 8.46. The minimum Gasteiger partial charge on any atom is -0.340 e. The normalized spacial score (nSPS) is 14.9. The van der Waals surface area contributed by atoms with E-state index in [2.05, 4.69) is 21.1 Å². The van der Waals surface area contributed by atoms with Gasteiger partial charge in [0.2, 0.25) is 0 Å². The molecule has 0 saturated carbocycles. The minimum absolute atomic E-state index is 0.265. The van der Waals surface area contributed by atoms with Crippen LogP contribution in [0, 0.1) is 11.3 Å². The van der Waals surface area contributed by atoms with Gasteiger partial charge in [-0.2, -0.15) is 10.4 Å². The lowest BCUT2D eigenvalue weighted by Gasteiger charge is -2.14. The fraction of sp³-hybridized carbons (Fsp3) is 0.200. The lowest BCUT2D eigenvalue weighted by atomic mass is 9.98. The van der Waals surface area contributed by atoms with Crippen LogP contribution in [-0.2, 0) is 0 Å². The van der Waals surface area contributed by atoms with Gasteiger partial charge in [0, 0.05) is 24.2 Å². The Morgan fingerprint density at radius 3 is 2.65 bits per heavy atom. The standard InChI is InChI=1S/C20H17N5O/c1-13-10-11-25(24-13)15-8-6-14(7-9-15)19(26)16(12-21)20-22-17-4-2-3-5-18(17)23-20/h2-9,16H,10-11H2,1H3,(H,22,23)/t16-/m1/s1. The number of H-pyrrole nitrogens is 1. The number of hydrogen-bond acceptors (Lipinski definition) is 5. The number of hydrazone groups is 1. The summed E-state index contributed by atoms with van der Waals surface area (Å²) < 4.78 is 0. The molecule has 3 aromatic rings. The van der Waals surface area contributed by atoms with E-state index >= 15 is 0 Å². The van der Waals surface area contributed by atoms with Crippen LogP contribution in [0.15, 0.2) is 53.6 Å². The fourth-order valence-corrected chi connectivity index (χ4v) is 3.08. The molecular formula is C20H17N5O. The van der Waals surface area contributed by atoms with E-state index in [1.807, 2.05) is 48.3 Å². The molecular weight excluding hydrogens is 326 g/mol. The first kappa shape index (κ1) is 16.0. The number of Topliss-reactive ketones (excluding diaryl/α,β-unsaturated/α-hetero) is 1. The van der Waals surface area contributed by atoms with Crippen molar-refractivity contribution in [3.05, 3.63) is 59.9 Å². The van der Waals surface area contributed by atoms with Gasteiger partial charge in [-0.3, -0.25) is 9.80 Å². The third-order valence-electron chi connectivity index (χ3n) is 4.50. The molecule has 0 amide bonds. The summed E-state index contributed by atoms with van der Waals surface area (Å²) in [4.78, 5) is 20.3. The zero-order valence-corrected chi connectivity index (χ0v) is 14.3. The lowest BCUT2D eigenvalue weighted by Crippen LogP contribution is -2.14. The zero-order chi connectivity index (χ0) is 18.1. The number of anilines is 1. The maximum absolute atomic E-state index is 12.8. The Morgan fingerprint density at radius 2 is 2.00 bits per heavy atom. The van der Waals surface area contributed by atoms with Crippen molar-refractivity contribution < 1.29 is 4.79 Å². The molecule has 0 aliphatic carbocycles. The molecule has 0 saturated heterocycles. The molecule has 6 nitrogen and oxygen atoms in total. The Balaban J connectivity index is 1.60. The summed E-state index contributed by atoms with van der Waals surface area (Å²) in [5.41, 5.74) is 4.08. The Bertz CT molecular complexity index is 1010. The maximum Gasteiger partial charge on any atom is 0.187 e. The van der Waals surface area contributed by atoms with E-state index in [0.29, 0.717) is 11.4 Å². The quantitative estimate of drug-likeness (QED) is 0.733. The Morgan fingerprint density at radius 1 is 1.23 bits per heavy atom. The van der Waals surface area contributed by atoms with Crippen LogP contribution < -0.4 is 5.01 Å². The van der Waals surface area contributed by atoms with Gasteiger partial charge in [0.05, 0.1) is 22.8 Å². The second-order valence-corrected chi connectivity index (χ2v) is 6.32. The van der Waals surface area contributed by atoms with Crippen molar-refractivity contribution in [1.82, 2.24) is 9.97 Å². The van der Waals surface area contributed by atoms with Crippen molar-refractivity contribution in [1.29, 1.82) is 5.26 Å². The number of benzene rings is 2. The number of rotatable bonds is 4. The molecule has 1 aromatic heterocycles. The highest BCUT2D eigenvalue weighted by atomic mass is 16.1. The number of carbonyl (C=O) groups excluding carboxylic acids is 1. The van der Waals surface area contributed by atoms with Crippen LogP contribution in [0.4, 0.5) is 5.69 Å². The molecule has 0 unspecified atom stereocenters. The second-order valence-electron chi connectivity index (χ2n) is 6.32. The predicted octanol–water partition coefficient (Wildman–Crippen LogP) is 3.64. The van der Waals surface area contributed by atoms with Gasteiger partial charge in [0.25, 0.3) is 0 Å². The minimum atomic E-state index is -0.958. The number of aromatic nitrogens is 2. The molecule has 1 aliphatic rings. The van der Waals surface area contributed by atoms with Crippen molar-refractivity contribution >= 4 is 28.2 Å². The third-order valence-corrected chi connectivity index (χ3v) is 4.50. The lowest BCUT2D eigenvalue weighted by molar-refractivity contribution is 0.0976. The van der Waals surface area contributed by atoms with Gasteiger partial charge >= 0.3 is 0 Å². The molecule has 0 fully saturated rings. The van der Waals surface area contributed by atoms with E-state index in [-0.39, 0.29) is 5.78 Å². The number of nitrogens with one attached hydrogen (secondary N) is 1. The van der Waals surface area contributed by atoms with Crippen LogP contribution in [-0.4, -0.2) is 28.0 Å². The largest absolute Gasteiger partial charge is 0.340 e. The molecule has 0 spiro atoms. The summed E-state index contributed by atoms with van der Waals surface area (Å²) in [6.45, 7) is 2.85. The van der Waals surface area contributed by atoms with Crippen LogP contribution in [0.1, 0.15) is 35.4 Å². The highest BCUT2D eigenvalue weighted by molar-refractivity contribution is 6.02. The van der Waals surface area contributed by atoms with Crippen LogP contribution in [0.5, 0.6) is 0 Å². The monoisotopic (exact) mass is 343 g/mol. The highest BCUT2D eigenvalue weighted by Gasteiger charge is 2.25. The van der Waals surface area contributed by atoms with Gasteiger partial charge in [0.1, 0.15) is 5.82 Å². The first-order valence-electron chi connectivity index (χ1n) is 8.46. The summed E-state index contributed by atoms with van der Waals surface area (Å²) in [5.74, 6) is -0.845. The molecule has 0 bridgehead atoms. The van der Waals surface area contributed by atoms with Crippen molar-refractivity contribution in [3.8, 4) is 6.07 Å². The van der Waals surface area contributed by atoms with Crippen molar-refractivity contribution in [2.45, 2.75) is 19.3 Å².